The molecule has 0 fully saturated rings. The number of benzene rings is 1. The lowest BCUT2D eigenvalue weighted by atomic mass is 9.93. The molecule has 0 saturated heterocycles. The van der Waals surface area contributed by atoms with Crippen LogP contribution in [0.5, 0.6) is 5.75 Å². The number of fused-ring (bicyclic) bond motifs is 1. The third-order valence-corrected chi connectivity index (χ3v) is 3.74. The molecule has 0 spiro atoms. The van der Waals surface area contributed by atoms with E-state index in [9.17, 15) is 9.59 Å². The number of pyridine rings is 1. The van der Waals surface area contributed by atoms with E-state index in [1.165, 1.54) is 6.07 Å². The molecule has 1 aliphatic heterocycles. The molecule has 0 amide bonds. The Hall–Kier alpha value is -2.56. The van der Waals surface area contributed by atoms with Crippen molar-refractivity contribution in [2.45, 2.75) is 18.9 Å². The molecule has 1 atom stereocenters. The van der Waals surface area contributed by atoms with E-state index in [1.54, 1.807) is 10.8 Å². The van der Waals surface area contributed by atoms with Gasteiger partial charge < -0.3 is 14.4 Å². The minimum atomic E-state index is -1.09. The van der Waals surface area contributed by atoms with E-state index in [0.29, 0.717) is 13.2 Å². The van der Waals surface area contributed by atoms with Crippen molar-refractivity contribution in [2.75, 3.05) is 6.61 Å². The van der Waals surface area contributed by atoms with Crippen molar-refractivity contribution in [2.24, 2.45) is 0 Å². The zero-order chi connectivity index (χ0) is 14.8. The molecule has 0 saturated carbocycles. The summed E-state index contributed by atoms with van der Waals surface area (Å²) in [4.78, 5) is 22.9. The summed E-state index contributed by atoms with van der Waals surface area (Å²) in [7, 11) is 0. The normalized spacial score (nSPS) is 16.9. The monoisotopic (exact) mass is 285 g/mol. The molecule has 2 aromatic rings. The molecule has 5 heteroatoms. The summed E-state index contributed by atoms with van der Waals surface area (Å²) in [5.74, 6) is -0.0251. The molecule has 21 heavy (non-hydrogen) atoms. The Morgan fingerprint density at radius 1 is 1.33 bits per heavy atom. The van der Waals surface area contributed by atoms with E-state index in [4.69, 9.17) is 9.84 Å². The van der Waals surface area contributed by atoms with Crippen molar-refractivity contribution >= 4 is 5.97 Å². The number of aromatic carboxylic acids is 1. The fraction of sp³-hybridized carbons (Fsp3) is 0.250. The van der Waals surface area contributed by atoms with E-state index in [-0.39, 0.29) is 17.0 Å². The van der Waals surface area contributed by atoms with Crippen LogP contribution in [0.3, 0.4) is 0 Å². The summed E-state index contributed by atoms with van der Waals surface area (Å²) in [5.41, 5.74) is 0.820. The highest BCUT2D eigenvalue weighted by molar-refractivity contribution is 5.87. The number of carbonyl (C=O) groups is 1. The first kappa shape index (κ1) is 13.4. The standard InChI is InChI=1S/C16H15NO4/c18-15-9-11(16(19)20)5-7-17(15)10-12-6-8-21-14-4-2-1-3-13(12)14/h1-5,7,9,12H,6,8,10H2,(H,19,20). The first-order chi connectivity index (χ1) is 10.1. The van der Waals surface area contributed by atoms with Gasteiger partial charge in [0.1, 0.15) is 5.75 Å². The number of hydrogen-bond acceptors (Lipinski definition) is 3. The first-order valence-corrected chi connectivity index (χ1v) is 6.80. The van der Waals surface area contributed by atoms with Gasteiger partial charge in [-0.15, -0.1) is 0 Å². The zero-order valence-electron chi connectivity index (χ0n) is 11.4. The topological polar surface area (TPSA) is 68.5 Å². The van der Waals surface area contributed by atoms with Crippen LogP contribution in [-0.4, -0.2) is 22.2 Å². The number of ether oxygens (including phenoxy) is 1. The van der Waals surface area contributed by atoms with E-state index in [0.717, 1.165) is 23.8 Å². The van der Waals surface area contributed by atoms with Crippen LogP contribution in [0.15, 0.2) is 47.4 Å². The molecule has 5 nitrogen and oxygen atoms in total. The minimum Gasteiger partial charge on any atom is -0.493 e. The highest BCUT2D eigenvalue weighted by atomic mass is 16.5. The number of carboxylic acids is 1. The SMILES string of the molecule is O=C(O)c1ccn(CC2CCOc3ccccc32)c(=O)c1. The van der Waals surface area contributed by atoms with Crippen LogP contribution >= 0.6 is 0 Å². The van der Waals surface area contributed by atoms with Gasteiger partial charge in [0.25, 0.3) is 5.56 Å². The van der Waals surface area contributed by atoms with E-state index in [1.807, 2.05) is 24.3 Å². The van der Waals surface area contributed by atoms with Gasteiger partial charge in [0.15, 0.2) is 0 Å². The predicted molar refractivity (Wildman–Crippen MR) is 77.0 cm³/mol. The van der Waals surface area contributed by atoms with Crippen molar-refractivity contribution in [3.05, 3.63) is 64.1 Å². The molecule has 0 radical (unpaired) electrons. The van der Waals surface area contributed by atoms with Crippen LogP contribution in [0.2, 0.25) is 0 Å². The lowest BCUT2D eigenvalue weighted by Crippen LogP contribution is -2.26. The highest BCUT2D eigenvalue weighted by Gasteiger charge is 2.21. The Morgan fingerprint density at radius 3 is 2.90 bits per heavy atom. The molecule has 2 heterocycles. The Labute approximate surface area is 121 Å². The number of hydrogen-bond donors (Lipinski definition) is 1. The zero-order valence-corrected chi connectivity index (χ0v) is 11.4. The van der Waals surface area contributed by atoms with E-state index in [2.05, 4.69) is 0 Å². The molecule has 1 N–H and O–H groups in total. The van der Waals surface area contributed by atoms with Gasteiger partial charge in [-0.05, 0) is 24.1 Å². The second kappa shape index (κ2) is 5.44. The summed E-state index contributed by atoms with van der Waals surface area (Å²) in [6.45, 7) is 1.16. The van der Waals surface area contributed by atoms with E-state index >= 15 is 0 Å². The van der Waals surface area contributed by atoms with Crippen LogP contribution in [-0.2, 0) is 6.54 Å². The van der Waals surface area contributed by atoms with Crippen molar-refractivity contribution < 1.29 is 14.6 Å². The number of rotatable bonds is 3. The molecule has 0 aliphatic carbocycles. The van der Waals surface area contributed by atoms with Crippen molar-refractivity contribution in [1.29, 1.82) is 0 Å². The van der Waals surface area contributed by atoms with Crippen molar-refractivity contribution in [3.63, 3.8) is 0 Å². The second-order valence-corrected chi connectivity index (χ2v) is 5.08. The van der Waals surface area contributed by atoms with Crippen LogP contribution in [0.4, 0.5) is 0 Å². The quantitative estimate of drug-likeness (QED) is 0.937. The third kappa shape index (κ3) is 2.67. The van der Waals surface area contributed by atoms with Gasteiger partial charge in [0.2, 0.25) is 0 Å². The highest BCUT2D eigenvalue weighted by Crippen LogP contribution is 2.34. The summed E-state index contributed by atoms with van der Waals surface area (Å²) in [6, 6.07) is 10.4. The van der Waals surface area contributed by atoms with Crippen LogP contribution < -0.4 is 10.3 Å². The Bertz CT molecular complexity index is 735. The largest absolute Gasteiger partial charge is 0.493 e. The molecule has 1 aliphatic rings. The Kier molecular flexibility index (Phi) is 3.48. The van der Waals surface area contributed by atoms with Crippen molar-refractivity contribution in [1.82, 2.24) is 4.57 Å². The average molecular weight is 285 g/mol. The molecular weight excluding hydrogens is 270 g/mol. The summed E-state index contributed by atoms with van der Waals surface area (Å²) >= 11 is 0. The van der Waals surface area contributed by atoms with Gasteiger partial charge in [-0.25, -0.2) is 4.79 Å². The third-order valence-electron chi connectivity index (χ3n) is 3.74. The van der Waals surface area contributed by atoms with Crippen molar-refractivity contribution in [3.8, 4) is 5.75 Å². The summed E-state index contributed by atoms with van der Waals surface area (Å²) < 4.78 is 7.16. The second-order valence-electron chi connectivity index (χ2n) is 5.08. The van der Waals surface area contributed by atoms with Crippen LogP contribution in [0.25, 0.3) is 0 Å². The molecule has 1 aromatic heterocycles. The smallest absolute Gasteiger partial charge is 0.335 e. The van der Waals surface area contributed by atoms with Gasteiger partial charge in [-0.2, -0.15) is 0 Å². The van der Waals surface area contributed by atoms with Gasteiger partial charge in [0.05, 0.1) is 12.2 Å². The van der Waals surface area contributed by atoms with Gasteiger partial charge >= 0.3 is 5.97 Å². The average Bonchev–Trinajstić information content (AvgIpc) is 2.49. The van der Waals surface area contributed by atoms with Gasteiger partial charge in [0, 0.05) is 24.7 Å². The maximum absolute atomic E-state index is 12.0. The summed E-state index contributed by atoms with van der Waals surface area (Å²) in [6.07, 6.45) is 2.38. The number of aromatic nitrogens is 1. The van der Waals surface area contributed by atoms with Gasteiger partial charge in [-0.1, -0.05) is 18.2 Å². The molecule has 1 aromatic carbocycles. The molecular formula is C16H15NO4. The number of para-hydroxylation sites is 1. The lowest BCUT2D eigenvalue weighted by Gasteiger charge is -2.26. The molecule has 3 rings (SSSR count). The van der Waals surface area contributed by atoms with Gasteiger partial charge in [-0.3, -0.25) is 4.79 Å². The molecule has 0 bridgehead atoms. The number of nitrogens with zero attached hydrogens (tertiary/aromatic N) is 1. The van der Waals surface area contributed by atoms with E-state index < -0.39 is 5.97 Å². The van der Waals surface area contributed by atoms with Crippen LogP contribution in [0, 0.1) is 0 Å². The molecule has 108 valence electrons. The number of carboxylic acid groups (broad SMARTS) is 1. The minimum absolute atomic E-state index is 0.0172. The first-order valence-electron chi connectivity index (χ1n) is 6.80. The fourth-order valence-electron chi connectivity index (χ4n) is 2.63. The van der Waals surface area contributed by atoms with Crippen LogP contribution in [0.1, 0.15) is 28.3 Å². The Morgan fingerprint density at radius 2 is 2.14 bits per heavy atom. The predicted octanol–water partition coefficient (Wildman–Crippen LogP) is 2.11. The fourth-order valence-corrected chi connectivity index (χ4v) is 2.63. The summed E-state index contributed by atoms with van der Waals surface area (Å²) in [5, 5.41) is 8.89. The Balaban J connectivity index is 1.88. The lowest BCUT2D eigenvalue weighted by molar-refractivity contribution is 0.0696. The molecule has 1 unspecified atom stereocenters. The maximum Gasteiger partial charge on any atom is 0.335 e. The maximum atomic E-state index is 12.0.